The minimum Gasteiger partial charge on any atom is -0.372 e. The Kier molecular flexibility index (Phi) is 10.4. The van der Waals surface area contributed by atoms with Crippen molar-refractivity contribution in [2.45, 2.75) is 38.5 Å². The highest BCUT2D eigenvalue weighted by molar-refractivity contribution is 6.23. The number of rotatable bonds is 8. The van der Waals surface area contributed by atoms with Crippen LogP contribution in [-0.4, -0.2) is 26.2 Å². The lowest BCUT2D eigenvalue weighted by molar-refractivity contribution is 0.578. The zero-order valence-corrected chi connectivity index (χ0v) is 35.4. The van der Waals surface area contributed by atoms with Crippen LogP contribution < -0.4 is 9.80 Å². The maximum Gasteiger partial charge on any atom is 0.0372 e. The number of piperidine rings is 2. The zero-order valence-electron chi connectivity index (χ0n) is 35.4. The highest BCUT2D eigenvalue weighted by Crippen LogP contribution is 2.49. The molecule has 2 saturated heterocycles. The molecule has 2 heterocycles. The van der Waals surface area contributed by atoms with Gasteiger partial charge in [-0.25, -0.2) is 0 Å². The molecule has 0 saturated carbocycles. The molecule has 2 aliphatic rings. The highest BCUT2D eigenvalue weighted by Gasteiger charge is 2.23. The molecule has 0 aliphatic carbocycles. The third kappa shape index (κ3) is 7.24. The summed E-state index contributed by atoms with van der Waals surface area (Å²) < 4.78 is 0. The number of hydrogen-bond donors (Lipinski definition) is 0. The van der Waals surface area contributed by atoms with E-state index in [9.17, 15) is 0 Å². The van der Waals surface area contributed by atoms with Crippen molar-refractivity contribution in [3.8, 4) is 66.8 Å². The summed E-state index contributed by atoms with van der Waals surface area (Å²) in [5, 5.41) is 5.20. The molecule has 302 valence electrons. The average molecular weight is 801 g/mol. The molecule has 2 nitrogen and oxygen atoms in total. The molecule has 9 aromatic carbocycles. The molecule has 0 atom stereocenters. The summed E-state index contributed by atoms with van der Waals surface area (Å²) in [5.74, 6) is 0. The predicted molar refractivity (Wildman–Crippen MR) is 266 cm³/mol. The van der Waals surface area contributed by atoms with Gasteiger partial charge in [-0.1, -0.05) is 158 Å². The predicted octanol–water partition coefficient (Wildman–Crippen LogP) is 16.0. The van der Waals surface area contributed by atoms with Gasteiger partial charge in [-0.2, -0.15) is 0 Å². The molecule has 9 aromatic rings. The van der Waals surface area contributed by atoms with Gasteiger partial charge in [0.05, 0.1) is 0 Å². The van der Waals surface area contributed by atoms with Gasteiger partial charge in [0.1, 0.15) is 0 Å². The van der Waals surface area contributed by atoms with Crippen molar-refractivity contribution in [2.24, 2.45) is 0 Å². The third-order valence-corrected chi connectivity index (χ3v) is 13.5. The van der Waals surface area contributed by atoms with E-state index in [1.54, 1.807) is 0 Å². The fraction of sp³-hybridized carbons (Fsp3) is 0.167. The minimum atomic E-state index is 1.10. The lowest BCUT2D eigenvalue weighted by Crippen LogP contribution is -2.29. The van der Waals surface area contributed by atoms with Crippen LogP contribution in [0.1, 0.15) is 38.5 Å². The number of anilines is 2. The van der Waals surface area contributed by atoms with Crippen molar-refractivity contribution in [1.82, 2.24) is 0 Å². The standard InChI is InChI=1S/C60H52N2/c1-7-19-43(20-8-1)51-31-27-47(39-55(51)45-23-11-3-12-24-45)59-53-33-29-50(62-37-17-6-18-38-62)42-58(53)60(54-34-30-49(41-57(54)59)61-35-15-5-16-36-61)48-28-32-52(44-21-9-2-10-22-44)56(40-48)46-25-13-4-14-26-46/h1-4,7-14,19-34,39-42H,5-6,15-18,35-38H2. The number of hydrogen-bond acceptors (Lipinski definition) is 2. The van der Waals surface area contributed by atoms with Crippen LogP contribution in [0.3, 0.4) is 0 Å². The molecule has 11 rings (SSSR count). The Morgan fingerprint density at radius 3 is 0.935 bits per heavy atom. The van der Waals surface area contributed by atoms with Crippen LogP contribution in [0, 0.1) is 0 Å². The van der Waals surface area contributed by atoms with Gasteiger partial charge in [0.2, 0.25) is 0 Å². The third-order valence-electron chi connectivity index (χ3n) is 13.5. The molecule has 0 N–H and O–H groups in total. The molecule has 0 unspecified atom stereocenters. The molecule has 62 heavy (non-hydrogen) atoms. The van der Waals surface area contributed by atoms with Crippen molar-refractivity contribution < 1.29 is 0 Å². The summed E-state index contributed by atoms with van der Waals surface area (Å²) in [6.07, 6.45) is 7.58. The highest BCUT2D eigenvalue weighted by atomic mass is 15.1. The van der Waals surface area contributed by atoms with Gasteiger partial charge in [0.25, 0.3) is 0 Å². The van der Waals surface area contributed by atoms with E-state index < -0.39 is 0 Å². The van der Waals surface area contributed by atoms with Crippen LogP contribution in [0.4, 0.5) is 11.4 Å². The van der Waals surface area contributed by atoms with Gasteiger partial charge in [-0.3, -0.25) is 0 Å². The Labute approximate surface area is 366 Å². The van der Waals surface area contributed by atoms with Gasteiger partial charge in [0.15, 0.2) is 0 Å². The maximum absolute atomic E-state index is 2.62. The van der Waals surface area contributed by atoms with Crippen LogP contribution in [0.2, 0.25) is 0 Å². The molecular formula is C60H52N2. The molecule has 2 heteroatoms. The molecule has 2 fully saturated rings. The monoisotopic (exact) mass is 800 g/mol. The summed E-state index contributed by atoms with van der Waals surface area (Å²) in [7, 11) is 0. The lowest BCUT2D eigenvalue weighted by atomic mass is 9.82. The van der Waals surface area contributed by atoms with Gasteiger partial charge >= 0.3 is 0 Å². The van der Waals surface area contributed by atoms with Crippen molar-refractivity contribution in [3.05, 3.63) is 194 Å². The second-order valence-corrected chi connectivity index (χ2v) is 17.3. The topological polar surface area (TPSA) is 6.48 Å². The van der Waals surface area contributed by atoms with E-state index in [1.807, 2.05) is 0 Å². The van der Waals surface area contributed by atoms with E-state index in [-0.39, 0.29) is 0 Å². The first kappa shape index (κ1) is 38.1. The zero-order chi connectivity index (χ0) is 41.2. The number of benzene rings is 9. The summed E-state index contributed by atoms with van der Waals surface area (Å²) >= 11 is 0. The van der Waals surface area contributed by atoms with E-state index in [4.69, 9.17) is 0 Å². The smallest absolute Gasteiger partial charge is 0.0372 e. The summed E-state index contributed by atoms with van der Waals surface area (Å²) in [5.41, 5.74) is 17.7. The molecule has 0 amide bonds. The first-order chi connectivity index (χ1) is 30.8. The molecular weight excluding hydrogens is 749 g/mol. The largest absolute Gasteiger partial charge is 0.372 e. The minimum absolute atomic E-state index is 1.10. The number of fused-ring (bicyclic) bond motifs is 2. The molecule has 0 spiro atoms. The van der Waals surface area contributed by atoms with E-state index in [1.165, 1.54) is 138 Å². The molecule has 2 aliphatic heterocycles. The van der Waals surface area contributed by atoms with Crippen LogP contribution in [0.5, 0.6) is 0 Å². The molecule has 0 bridgehead atoms. The normalized spacial score (nSPS) is 14.4. The number of nitrogens with zero attached hydrogens (tertiary/aromatic N) is 2. The molecule has 0 radical (unpaired) electrons. The van der Waals surface area contributed by atoms with Gasteiger partial charge in [-0.05, 0) is 163 Å². The maximum atomic E-state index is 2.62. The second kappa shape index (κ2) is 16.9. The van der Waals surface area contributed by atoms with Crippen LogP contribution >= 0.6 is 0 Å². The van der Waals surface area contributed by atoms with Crippen LogP contribution in [0.15, 0.2) is 194 Å². The van der Waals surface area contributed by atoms with E-state index in [0.717, 1.165) is 26.2 Å². The van der Waals surface area contributed by atoms with Crippen molar-refractivity contribution in [2.75, 3.05) is 36.0 Å². The second-order valence-electron chi connectivity index (χ2n) is 17.3. The quantitative estimate of drug-likeness (QED) is 0.141. The van der Waals surface area contributed by atoms with Crippen molar-refractivity contribution in [1.29, 1.82) is 0 Å². The first-order valence-corrected chi connectivity index (χ1v) is 22.8. The van der Waals surface area contributed by atoms with E-state index in [2.05, 4.69) is 204 Å². The average Bonchev–Trinajstić information content (AvgIpc) is 3.36. The lowest BCUT2D eigenvalue weighted by Gasteiger charge is -2.30. The van der Waals surface area contributed by atoms with Crippen LogP contribution in [-0.2, 0) is 0 Å². The van der Waals surface area contributed by atoms with Gasteiger partial charge in [0, 0.05) is 37.6 Å². The van der Waals surface area contributed by atoms with Crippen molar-refractivity contribution in [3.63, 3.8) is 0 Å². The van der Waals surface area contributed by atoms with Crippen LogP contribution in [0.25, 0.3) is 88.3 Å². The van der Waals surface area contributed by atoms with E-state index in [0.29, 0.717) is 0 Å². The summed E-state index contributed by atoms with van der Waals surface area (Å²) in [6.45, 7) is 4.41. The Morgan fingerprint density at radius 2 is 0.581 bits per heavy atom. The summed E-state index contributed by atoms with van der Waals surface area (Å²) in [6, 6.07) is 72.9. The first-order valence-electron chi connectivity index (χ1n) is 22.8. The van der Waals surface area contributed by atoms with Gasteiger partial charge < -0.3 is 9.80 Å². The van der Waals surface area contributed by atoms with Gasteiger partial charge in [-0.15, -0.1) is 0 Å². The Hall–Kier alpha value is -6.90. The fourth-order valence-corrected chi connectivity index (χ4v) is 10.4. The van der Waals surface area contributed by atoms with E-state index >= 15 is 0 Å². The summed E-state index contributed by atoms with van der Waals surface area (Å²) in [4.78, 5) is 5.23. The Balaban J connectivity index is 1.22. The Morgan fingerprint density at radius 1 is 0.242 bits per heavy atom. The SMILES string of the molecule is c1ccc(-c2ccc(-c3c4ccc(N5CCCCC5)cc4c(-c4ccc(-c5ccccc5)c(-c5ccccc5)c4)c4ccc(N5CCCCC5)cc34)cc2-c2ccccc2)cc1. The molecule has 0 aromatic heterocycles. The fourth-order valence-electron chi connectivity index (χ4n) is 10.4. The Bertz CT molecular complexity index is 2790. The van der Waals surface area contributed by atoms with Crippen molar-refractivity contribution >= 4 is 32.9 Å².